The highest BCUT2D eigenvalue weighted by atomic mass is 79.9. The highest BCUT2D eigenvalue weighted by Gasteiger charge is 2.10. The first-order valence-corrected chi connectivity index (χ1v) is 6.13. The molecule has 0 radical (unpaired) electrons. The van der Waals surface area contributed by atoms with E-state index in [1.165, 1.54) is 12.1 Å². The van der Waals surface area contributed by atoms with Crippen LogP contribution in [0.25, 0.3) is 0 Å². The maximum atomic E-state index is 13.2. The lowest BCUT2D eigenvalue weighted by Crippen LogP contribution is -2.05. The van der Waals surface area contributed by atoms with Gasteiger partial charge in [-0.1, -0.05) is 0 Å². The molecule has 0 aliphatic carbocycles. The number of benzene rings is 1. The Hall–Kier alpha value is -1.29. The van der Waals surface area contributed by atoms with Gasteiger partial charge < -0.3 is 9.73 Å². The molecule has 2 rings (SSSR count). The number of anilines is 1. The van der Waals surface area contributed by atoms with Crippen molar-refractivity contribution in [1.82, 2.24) is 0 Å². The Labute approximate surface area is 108 Å². The minimum atomic E-state index is -0.236. The van der Waals surface area contributed by atoms with Crippen LogP contribution >= 0.6 is 15.9 Å². The molecule has 1 N–H and O–H groups in total. The Balaban J connectivity index is 2.15. The van der Waals surface area contributed by atoms with Crippen molar-refractivity contribution in [2.45, 2.75) is 19.9 Å². The monoisotopic (exact) mass is 297 g/mol. The zero-order valence-corrected chi connectivity index (χ0v) is 11.2. The lowest BCUT2D eigenvalue weighted by molar-refractivity contribution is 0.471. The minimum Gasteiger partial charge on any atom is -0.452 e. The predicted molar refractivity (Wildman–Crippen MR) is 69.6 cm³/mol. The van der Waals surface area contributed by atoms with Crippen molar-refractivity contribution in [2.24, 2.45) is 0 Å². The highest BCUT2D eigenvalue weighted by molar-refractivity contribution is 9.10. The summed E-state index contributed by atoms with van der Waals surface area (Å²) in [6.07, 6.45) is 0. The topological polar surface area (TPSA) is 25.2 Å². The van der Waals surface area contributed by atoms with Crippen LogP contribution in [-0.2, 0) is 0 Å². The van der Waals surface area contributed by atoms with E-state index in [0.29, 0.717) is 4.67 Å². The molecule has 0 spiro atoms. The first-order chi connectivity index (χ1) is 8.04. The lowest BCUT2D eigenvalue weighted by atomic mass is 10.2. The summed E-state index contributed by atoms with van der Waals surface area (Å²) in [5.74, 6) is 0.569. The summed E-state index contributed by atoms with van der Waals surface area (Å²) >= 11 is 3.25. The van der Waals surface area contributed by atoms with Gasteiger partial charge in [0, 0.05) is 5.69 Å². The molecule has 2 nitrogen and oxygen atoms in total. The lowest BCUT2D eigenvalue weighted by Gasteiger charge is -2.13. The SMILES string of the molecule is Cc1cc(F)cc(NC(C)c2ccc(Br)o2)c1. The second-order valence-electron chi connectivity index (χ2n) is 4.03. The Morgan fingerprint density at radius 2 is 2.06 bits per heavy atom. The van der Waals surface area contributed by atoms with Crippen molar-refractivity contribution in [2.75, 3.05) is 5.32 Å². The Bertz CT molecular complexity index is 504. The fourth-order valence-electron chi connectivity index (χ4n) is 1.70. The molecule has 0 fully saturated rings. The van der Waals surface area contributed by atoms with Crippen LogP contribution in [0.3, 0.4) is 0 Å². The smallest absolute Gasteiger partial charge is 0.169 e. The summed E-state index contributed by atoms with van der Waals surface area (Å²) in [6, 6.07) is 8.58. The molecule has 0 bridgehead atoms. The second-order valence-corrected chi connectivity index (χ2v) is 4.81. The van der Waals surface area contributed by atoms with E-state index in [2.05, 4.69) is 21.2 Å². The number of aryl methyl sites for hydroxylation is 1. The maximum absolute atomic E-state index is 13.2. The van der Waals surface area contributed by atoms with Crippen molar-refractivity contribution >= 4 is 21.6 Å². The molecule has 1 aromatic carbocycles. The summed E-state index contributed by atoms with van der Waals surface area (Å²) in [5, 5.41) is 3.20. The van der Waals surface area contributed by atoms with Gasteiger partial charge in [0.1, 0.15) is 11.6 Å². The normalized spacial score (nSPS) is 12.5. The van der Waals surface area contributed by atoms with Gasteiger partial charge in [0.05, 0.1) is 6.04 Å². The van der Waals surface area contributed by atoms with E-state index in [0.717, 1.165) is 17.0 Å². The summed E-state index contributed by atoms with van der Waals surface area (Å²) in [5.41, 5.74) is 1.64. The van der Waals surface area contributed by atoms with Gasteiger partial charge in [0.2, 0.25) is 0 Å². The zero-order chi connectivity index (χ0) is 12.4. The average Bonchev–Trinajstić information content (AvgIpc) is 2.63. The van der Waals surface area contributed by atoms with E-state index in [1.807, 2.05) is 32.0 Å². The van der Waals surface area contributed by atoms with Gasteiger partial charge in [-0.15, -0.1) is 0 Å². The quantitative estimate of drug-likeness (QED) is 0.891. The largest absolute Gasteiger partial charge is 0.452 e. The van der Waals surface area contributed by atoms with E-state index >= 15 is 0 Å². The number of hydrogen-bond acceptors (Lipinski definition) is 2. The van der Waals surface area contributed by atoms with Gasteiger partial charge >= 0.3 is 0 Å². The molecule has 0 aliphatic heterocycles. The van der Waals surface area contributed by atoms with E-state index in [4.69, 9.17) is 4.42 Å². The molecule has 2 aromatic rings. The molecule has 1 atom stereocenters. The Morgan fingerprint density at radius 1 is 1.29 bits per heavy atom. The van der Waals surface area contributed by atoms with Crippen LogP contribution in [0.4, 0.5) is 10.1 Å². The van der Waals surface area contributed by atoms with E-state index in [-0.39, 0.29) is 11.9 Å². The summed E-state index contributed by atoms with van der Waals surface area (Å²) in [6.45, 7) is 3.83. The Morgan fingerprint density at radius 3 is 2.65 bits per heavy atom. The van der Waals surface area contributed by atoms with Gasteiger partial charge in [-0.05, 0) is 65.7 Å². The third-order valence-electron chi connectivity index (χ3n) is 2.45. The first kappa shape index (κ1) is 12.2. The third-order valence-corrected chi connectivity index (χ3v) is 2.87. The van der Waals surface area contributed by atoms with E-state index in [9.17, 15) is 4.39 Å². The second kappa shape index (κ2) is 4.92. The van der Waals surface area contributed by atoms with Crippen LogP contribution in [0.5, 0.6) is 0 Å². The van der Waals surface area contributed by atoms with Gasteiger partial charge in [-0.25, -0.2) is 4.39 Å². The molecule has 1 heterocycles. The van der Waals surface area contributed by atoms with Crippen LogP contribution in [0.15, 0.2) is 39.4 Å². The average molecular weight is 298 g/mol. The molecule has 4 heteroatoms. The molecule has 17 heavy (non-hydrogen) atoms. The van der Waals surface area contributed by atoms with Crippen molar-refractivity contribution in [3.05, 3.63) is 52.1 Å². The fourth-order valence-corrected chi connectivity index (χ4v) is 2.02. The van der Waals surface area contributed by atoms with Crippen LogP contribution in [0, 0.1) is 12.7 Å². The number of hydrogen-bond donors (Lipinski definition) is 1. The van der Waals surface area contributed by atoms with Gasteiger partial charge in [0.15, 0.2) is 4.67 Å². The fraction of sp³-hybridized carbons (Fsp3) is 0.231. The molecule has 0 aliphatic rings. The number of halogens is 2. The molecule has 1 unspecified atom stereocenters. The predicted octanol–water partition coefficient (Wildman–Crippen LogP) is 4.66. The maximum Gasteiger partial charge on any atom is 0.169 e. The third kappa shape index (κ3) is 3.09. The first-order valence-electron chi connectivity index (χ1n) is 5.33. The molecule has 0 amide bonds. The van der Waals surface area contributed by atoms with Crippen LogP contribution < -0.4 is 5.32 Å². The number of rotatable bonds is 3. The van der Waals surface area contributed by atoms with Crippen LogP contribution in [-0.4, -0.2) is 0 Å². The van der Waals surface area contributed by atoms with E-state index in [1.54, 1.807) is 0 Å². The van der Waals surface area contributed by atoms with Crippen LogP contribution in [0.2, 0.25) is 0 Å². The highest BCUT2D eigenvalue weighted by Crippen LogP contribution is 2.24. The molecule has 0 saturated carbocycles. The van der Waals surface area contributed by atoms with Gasteiger partial charge in [-0.2, -0.15) is 0 Å². The van der Waals surface area contributed by atoms with Crippen molar-refractivity contribution in [3.63, 3.8) is 0 Å². The standard InChI is InChI=1S/C13H13BrFNO/c1-8-5-10(15)7-11(6-8)16-9(2)12-3-4-13(14)17-12/h3-7,9,16H,1-2H3. The molecule has 0 saturated heterocycles. The molecule has 1 aromatic heterocycles. The van der Waals surface area contributed by atoms with Crippen molar-refractivity contribution in [3.8, 4) is 0 Å². The Kier molecular flexibility index (Phi) is 3.52. The van der Waals surface area contributed by atoms with Crippen LogP contribution in [0.1, 0.15) is 24.3 Å². The van der Waals surface area contributed by atoms with Gasteiger partial charge in [-0.3, -0.25) is 0 Å². The molecular weight excluding hydrogens is 285 g/mol. The van der Waals surface area contributed by atoms with Crippen molar-refractivity contribution in [1.29, 1.82) is 0 Å². The number of nitrogens with one attached hydrogen (secondary N) is 1. The molecule has 90 valence electrons. The van der Waals surface area contributed by atoms with Gasteiger partial charge in [0.25, 0.3) is 0 Å². The summed E-state index contributed by atoms with van der Waals surface area (Å²) < 4.78 is 19.3. The molecular formula is C13H13BrFNO. The number of furan rings is 1. The minimum absolute atomic E-state index is 0.0116. The summed E-state index contributed by atoms with van der Waals surface area (Å²) in [7, 11) is 0. The van der Waals surface area contributed by atoms with Crippen molar-refractivity contribution < 1.29 is 8.81 Å². The zero-order valence-electron chi connectivity index (χ0n) is 9.63. The van der Waals surface area contributed by atoms with E-state index < -0.39 is 0 Å². The summed E-state index contributed by atoms with van der Waals surface area (Å²) in [4.78, 5) is 0.